The van der Waals surface area contributed by atoms with Crippen molar-refractivity contribution in [3.05, 3.63) is 59.9 Å². The molecule has 0 fully saturated rings. The molecule has 5 heteroatoms. The third-order valence-corrected chi connectivity index (χ3v) is 3.13. The van der Waals surface area contributed by atoms with Gasteiger partial charge in [-0.1, -0.05) is 24.3 Å². The smallest absolute Gasteiger partial charge is 0.261 e. The number of amides is 1. The van der Waals surface area contributed by atoms with Gasteiger partial charge in [0.05, 0.1) is 5.56 Å². The lowest BCUT2D eigenvalue weighted by atomic mass is 10.1. The molecule has 1 aromatic heterocycles. The number of carbonyl (C=O) groups excluding carboxylic acids is 1. The number of benzene rings is 2. The van der Waals surface area contributed by atoms with Crippen LogP contribution in [-0.4, -0.2) is 21.0 Å². The average molecular weight is 279 g/mol. The third kappa shape index (κ3) is 2.67. The van der Waals surface area contributed by atoms with Crippen molar-refractivity contribution in [2.45, 2.75) is 6.92 Å². The number of rotatable bonds is 2. The highest BCUT2D eigenvalue weighted by Gasteiger charge is 2.13. The van der Waals surface area contributed by atoms with E-state index in [1.807, 2.05) is 31.2 Å². The van der Waals surface area contributed by atoms with Gasteiger partial charge in [-0.05, 0) is 35.9 Å². The van der Waals surface area contributed by atoms with Gasteiger partial charge in [-0.3, -0.25) is 10.1 Å². The molecule has 0 spiro atoms. The van der Waals surface area contributed by atoms with E-state index in [0.29, 0.717) is 0 Å². The first-order chi connectivity index (χ1) is 10.1. The van der Waals surface area contributed by atoms with Crippen LogP contribution in [0.5, 0.6) is 5.75 Å². The molecule has 0 unspecified atom stereocenters. The van der Waals surface area contributed by atoms with Gasteiger partial charge < -0.3 is 5.11 Å². The lowest BCUT2D eigenvalue weighted by Gasteiger charge is -2.07. The van der Waals surface area contributed by atoms with Gasteiger partial charge in [0.1, 0.15) is 5.75 Å². The summed E-state index contributed by atoms with van der Waals surface area (Å²) in [4.78, 5) is 20.3. The summed E-state index contributed by atoms with van der Waals surface area (Å²) in [7, 11) is 0. The Kier molecular flexibility index (Phi) is 3.23. The summed E-state index contributed by atoms with van der Waals surface area (Å²) in [6, 6.07) is 12.5. The highest BCUT2D eigenvalue weighted by atomic mass is 16.3. The molecular weight excluding hydrogens is 266 g/mol. The Morgan fingerprint density at radius 3 is 2.57 bits per heavy atom. The summed E-state index contributed by atoms with van der Waals surface area (Å²) in [5.41, 5.74) is 0.946. The normalized spacial score (nSPS) is 10.5. The molecule has 1 amide bonds. The zero-order chi connectivity index (χ0) is 14.8. The van der Waals surface area contributed by atoms with Crippen molar-refractivity contribution in [3.8, 4) is 5.75 Å². The average Bonchev–Trinajstić information content (AvgIpc) is 2.46. The minimum Gasteiger partial charge on any atom is -0.507 e. The van der Waals surface area contributed by atoms with Crippen LogP contribution in [0.2, 0.25) is 0 Å². The van der Waals surface area contributed by atoms with Gasteiger partial charge >= 0.3 is 0 Å². The van der Waals surface area contributed by atoms with E-state index in [1.54, 1.807) is 24.4 Å². The Morgan fingerprint density at radius 1 is 1.14 bits per heavy atom. The maximum Gasteiger partial charge on any atom is 0.261 e. The van der Waals surface area contributed by atoms with Crippen molar-refractivity contribution in [3.63, 3.8) is 0 Å². The third-order valence-electron chi connectivity index (χ3n) is 3.13. The van der Waals surface area contributed by atoms with E-state index in [-0.39, 0.29) is 17.3 Å². The Morgan fingerprint density at radius 2 is 1.86 bits per heavy atom. The van der Waals surface area contributed by atoms with Crippen LogP contribution in [0, 0.1) is 6.92 Å². The summed E-state index contributed by atoms with van der Waals surface area (Å²) in [5, 5.41) is 14.3. The molecule has 0 aliphatic rings. The highest BCUT2D eigenvalue weighted by molar-refractivity contribution is 6.07. The zero-order valence-electron chi connectivity index (χ0n) is 11.4. The summed E-state index contributed by atoms with van der Waals surface area (Å²) < 4.78 is 0. The van der Waals surface area contributed by atoms with Crippen molar-refractivity contribution in [2.75, 3.05) is 5.32 Å². The fourth-order valence-corrected chi connectivity index (χ4v) is 2.09. The molecule has 104 valence electrons. The van der Waals surface area contributed by atoms with E-state index in [2.05, 4.69) is 15.3 Å². The molecule has 2 aromatic carbocycles. The van der Waals surface area contributed by atoms with Gasteiger partial charge in [0.25, 0.3) is 5.91 Å². The van der Waals surface area contributed by atoms with Crippen molar-refractivity contribution in [2.24, 2.45) is 0 Å². The second kappa shape index (κ2) is 5.20. The lowest BCUT2D eigenvalue weighted by Crippen LogP contribution is -2.14. The van der Waals surface area contributed by atoms with Crippen molar-refractivity contribution >= 4 is 22.6 Å². The topological polar surface area (TPSA) is 75.1 Å². The Hall–Kier alpha value is -2.95. The summed E-state index contributed by atoms with van der Waals surface area (Å²) in [6.45, 7) is 1.81. The second-order valence-corrected chi connectivity index (χ2v) is 4.69. The number of hydrogen-bond acceptors (Lipinski definition) is 4. The highest BCUT2D eigenvalue weighted by Crippen LogP contribution is 2.25. The zero-order valence-corrected chi connectivity index (χ0v) is 11.4. The molecule has 0 bridgehead atoms. The molecule has 2 N–H and O–H groups in total. The van der Waals surface area contributed by atoms with Gasteiger partial charge in [-0.2, -0.15) is 0 Å². The molecule has 0 saturated carbocycles. The minimum absolute atomic E-state index is 0.0705. The van der Waals surface area contributed by atoms with Crippen LogP contribution in [0.4, 0.5) is 5.95 Å². The molecule has 0 atom stereocenters. The Bertz CT molecular complexity index is 831. The number of aryl methyl sites for hydroxylation is 1. The largest absolute Gasteiger partial charge is 0.507 e. The van der Waals surface area contributed by atoms with Crippen LogP contribution in [0.3, 0.4) is 0 Å². The van der Waals surface area contributed by atoms with Gasteiger partial charge in [0.2, 0.25) is 5.95 Å². The maximum absolute atomic E-state index is 12.2. The predicted octanol–water partition coefficient (Wildman–Crippen LogP) is 2.90. The van der Waals surface area contributed by atoms with Gasteiger partial charge in [0.15, 0.2) is 0 Å². The number of phenols is 1. The number of hydrogen-bond donors (Lipinski definition) is 2. The standard InChI is InChI=1S/C16H13N3O2/c1-10-6-7-17-16(18-10)19-15(21)13-8-11-4-2-3-5-12(11)9-14(13)20/h2-9,20H,1H3,(H,17,18,19,21). The van der Waals surface area contributed by atoms with Crippen LogP contribution in [0.1, 0.15) is 16.1 Å². The van der Waals surface area contributed by atoms with E-state index in [1.165, 1.54) is 0 Å². The molecule has 21 heavy (non-hydrogen) atoms. The van der Waals surface area contributed by atoms with E-state index in [9.17, 15) is 9.90 Å². The quantitative estimate of drug-likeness (QED) is 0.756. The maximum atomic E-state index is 12.2. The van der Waals surface area contributed by atoms with Gasteiger partial charge in [0, 0.05) is 11.9 Å². The van der Waals surface area contributed by atoms with Crippen LogP contribution in [0.25, 0.3) is 10.8 Å². The van der Waals surface area contributed by atoms with Crippen LogP contribution < -0.4 is 5.32 Å². The molecule has 0 aliphatic carbocycles. The second-order valence-electron chi connectivity index (χ2n) is 4.69. The van der Waals surface area contributed by atoms with Gasteiger partial charge in [-0.15, -0.1) is 0 Å². The molecule has 5 nitrogen and oxygen atoms in total. The summed E-state index contributed by atoms with van der Waals surface area (Å²) in [5.74, 6) is -0.296. The predicted molar refractivity (Wildman–Crippen MR) is 80.3 cm³/mol. The number of fused-ring (bicyclic) bond motifs is 1. The number of nitrogens with zero attached hydrogens (tertiary/aromatic N) is 2. The Balaban J connectivity index is 1.96. The van der Waals surface area contributed by atoms with Crippen molar-refractivity contribution < 1.29 is 9.90 Å². The number of carbonyl (C=O) groups is 1. The lowest BCUT2D eigenvalue weighted by molar-refractivity contribution is 0.102. The molecule has 0 saturated heterocycles. The molecule has 0 radical (unpaired) electrons. The monoisotopic (exact) mass is 279 g/mol. The van der Waals surface area contributed by atoms with Crippen molar-refractivity contribution in [1.29, 1.82) is 0 Å². The Labute approximate surface area is 121 Å². The number of nitrogens with one attached hydrogen (secondary N) is 1. The van der Waals surface area contributed by atoms with E-state index in [0.717, 1.165) is 16.5 Å². The number of phenolic OH excluding ortho intramolecular Hbond substituents is 1. The fraction of sp³-hybridized carbons (Fsp3) is 0.0625. The van der Waals surface area contributed by atoms with E-state index >= 15 is 0 Å². The summed E-state index contributed by atoms with van der Waals surface area (Å²) in [6.07, 6.45) is 1.57. The first-order valence-electron chi connectivity index (χ1n) is 6.46. The first-order valence-corrected chi connectivity index (χ1v) is 6.46. The number of aromatic hydroxyl groups is 1. The fourth-order valence-electron chi connectivity index (χ4n) is 2.09. The molecule has 3 aromatic rings. The SMILES string of the molecule is Cc1ccnc(NC(=O)c2cc3ccccc3cc2O)n1. The first kappa shape index (κ1) is 13.1. The molecule has 3 rings (SSSR count). The number of anilines is 1. The molecular formula is C16H13N3O2. The van der Waals surface area contributed by atoms with Crippen LogP contribution in [0.15, 0.2) is 48.7 Å². The minimum atomic E-state index is -0.441. The van der Waals surface area contributed by atoms with E-state index in [4.69, 9.17) is 0 Å². The van der Waals surface area contributed by atoms with Crippen LogP contribution in [-0.2, 0) is 0 Å². The number of aromatic nitrogens is 2. The van der Waals surface area contributed by atoms with Crippen LogP contribution >= 0.6 is 0 Å². The van der Waals surface area contributed by atoms with E-state index < -0.39 is 5.91 Å². The van der Waals surface area contributed by atoms with Gasteiger partial charge in [-0.25, -0.2) is 9.97 Å². The molecule has 1 heterocycles. The summed E-state index contributed by atoms with van der Waals surface area (Å²) >= 11 is 0. The molecule has 0 aliphatic heterocycles. The van der Waals surface area contributed by atoms with Crippen molar-refractivity contribution in [1.82, 2.24) is 9.97 Å².